The Morgan fingerprint density at radius 2 is 2.16 bits per heavy atom. The average molecular weight is 299 g/mol. The van der Waals surface area contributed by atoms with Crippen LogP contribution in [0.4, 0.5) is 0 Å². The normalized spacial score (nSPS) is 15.1. The smallest absolute Gasteiger partial charge is 0.187 e. The van der Waals surface area contributed by atoms with Crippen molar-refractivity contribution in [3.05, 3.63) is 24.0 Å². The molecule has 0 unspecified atom stereocenters. The van der Waals surface area contributed by atoms with Gasteiger partial charge in [0.15, 0.2) is 5.16 Å². The molecule has 19 heavy (non-hydrogen) atoms. The van der Waals surface area contributed by atoms with Gasteiger partial charge in [0.2, 0.25) is 0 Å². The van der Waals surface area contributed by atoms with Crippen molar-refractivity contribution in [2.45, 2.75) is 43.6 Å². The monoisotopic (exact) mass is 299 g/mol. The Balaban J connectivity index is 2.93. The number of hydrogen-bond donors (Lipinski definition) is 1. The van der Waals surface area contributed by atoms with Gasteiger partial charge in [0.1, 0.15) is 4.75 Å². The minimum absolute atomic E-state index is 0.0936. The molecule has 0 saturated carbocycles. The molecule has 6 heteroatoms. The Kier molecular flexibility index (Phi) is 5.85. The minimum atomic E-state index is -1.13. The van der Waals surface area contributed by atoms with Gasteiger partial charge in [0.05, 0.1) is 11.7 Å². The number of nitrogens with zero attached hydrogens (tertiary/aromatic N) is 2. The molecule has 0 aliphatic carbocycles. The molecule has 1 rings (SSSR count). The fourth-order valence-corrected chi connectivity index (χ4v) is 2.53. The first-order valence-corrected chi connectivity index (χ1v) is 8.38. The number of thioether (sulfide) groups is 1. The van der Waals surface area contributed by atoms with Gasteiger partial charge in [-0.2, -0.15) is 0 Å². The lowest BCUT2D eigenvalue weighted by molar-refractivity contribution is 0.530. The average Bonchev–Trinajstić information content (AvgIpc) is 2.36. The first-order valence-electron chi connectivity index (χ1n) is 6.01. The van der Waals surface area contributed by atoms with Crippen molar-refractivity contribution in [3.63, 3.8) is 0 Å². The van der Waals surface area contributed by atoms with Crippen LogP contribution in [0.1, 0.15) is 45.0 Å². The first kappa shape index (κ1) is 16.5. The Morgan fingerprint density at radius 1 is 1.53 bits per heavy atom. The lowest BCUT2D eigenvalue weighted by Gasteiger charge is -2.26. The van der Waals surface area contributed by atoms with E-state index in [2.05, 4.69) is 21.3 Å². The van der Waals surface area contributed by atoms with Crippen LogP contribution >= 0.6 is 11.8 Å². The van der Waals surface area contributed by atoms with Crippen LogP contribution in [-0.2, 0) is 11.4 Å². The second kappa shape index (κ2) is 6.74. The highest BCUT2D eigenvalue weighted by molar-refractivity contribution is 7.98. The summed E-state index contributed by atoms with van der Waals surface area (Å²) in [6.45, 7) is 11.5. The van der Waals surface area contributed by atoms with Gasteiger partial charge < -0.3 is 4.55 Å². The second-order valence-electron chi connectivity index (χ2n) is 5.12. The number of hydrogen-bond acceptors (Lipinski definition) is 5. The predicted octanol–water partition coefficient (Wildman–Crippen LogP) is 2.95. The van der Waals surface area contributed by atoms with E-state index in [1.807, 2.05) is 34.0 Å². The van der Waals surface area contributed by atoms with Crippen molar-refractivity contribution in [1.82, 2.24) is 14.7 Å². The molecule has 0 bridgehead atoms. The van der Waals surface area contributed by atoms with E-state index in [0.29, 0.717) is 5.16 Å². The largest absolute Gasteiger partial charge is 0.598 e. The fourth-order valence-electron chi connectivity index (χ4n) is 1.38. The molecule has 0 aliphatic rings. The van der Waals surface area contributed by atoms with Gasteiger partial charge in [-0.15, -0.1) is 4.72 Å². The van der Waals surface area contributed by atoms with Crippen LogP contribution < -0.4 is 4.72 Å². The summed E-state index contributed by atoms with van der Waals surface area (Å²) in [4.78, 5) is 8.66. The van der Waals surface area contributed by atoms with Crippen molar-refractivity contribution < 1.29 is 4.55 Å². The molecule has 2 atom stereocenters. The number of nitrogens with one attached hydrogen (secondary N) is 1. The summed E-state index contributed by atoms with van der Waals surface area (Å²) in [5.74, 6) is 0. The fraction of sp³-hybridized carbons (Fsp3) is 0.538. The summed E-state index contributed by atoms with van der Waals surface area (Å²) in [5.41, 5.74) is 1.69. The molecule has 4 nitrogen and oxygen atoms in total. The standard InChI is InChI=1S/C13H21N3OS2/c1-7-11-10(8-14-12(15-11)18-6)9(2)16-19(17)13(3,4)5/h7-9,16H,1H2,2-6H3/t9-,19-/m0/s1. The predicted molar refractivity (Wildman–Crippen MR) is 83.4 cm³/mol. The highest BCUT2D eigenvalue weighted by Crippen LogP contribution is 2.22. The quantitative estimate of drug-likeness (QED) is 0.514. The lowest BCUT2D eigenvalue weighted by Crippen LogP contribution is -2.40. The molecule has 1 heterocycles. The molecule has 0 aromatic carbocycles. The summed E-state index contributed by atoms with van der Waals surface area (Å²) in [5, 5.41) is 0.711. The highest BCUT2D eigenvalue weighted by Gasteiger charge is 2.29. The molecule has 0 fully saturated rings. The summed E-state index contributed by atoms with van der Waals surface area (Å²) >= 11 is 0.356. The van der Waals surface area contributed by atoms with Crippen molar-refractivity contribution in [3.8, 4) is 0 Å². The van der Waals surface area contributed by atoms with Crippen LogP contribution in [0.3, 0.4) is 0 Å². The van der Waals surface area contributed by atoms with E-state index in [9.17, 15) is 4.55 Å². The lowest BCUT2D eigenvalue weighted by atomic mass is 10.1. The zero-order chi connectivity index (χ0) is 14.6. The topological polar surface area (TPSA) is 60.9 Å². The maximum atomic E-state index is 12.1. The van der Waals surface area contributed by atoms with E-state index in [4.69, 9.17) is 0 Å². The van der Waals surface area contributed by atoms with E-state index in [-0.39, 0.29) is 10.8 Å². The van der Waals surface area contributed by atoms with Crippen LogP contribution in [0.15, 0.2) is 17.9 Å². The van der Waals surface area contributed by atoms with Gasteiger partial charge in [-0.25, -0.2) is 9.97 Å². The molecule has 0 saturated heterocycles. The van der Waals surface area contributed by atoms with E-state index in [0.717, 1.165) is 11.3 Å². The zero-order valence-electron chi connectivity index (χ0n) is 12.1. The molecule has 1 aromatic rings. The minimum Gasteiger partial charge on any atom is -0.598 e. The molecule has 106 valence electrons. The summed E-state index contributed by atoms with van der Waals surface area (Å²) in [6.07, 6.45) is 5.40. The molecule has 0 radical (unpaired) electrons. The molecule has 0 amide bonds. The van der Waals surface area contributed by atoms with Crippen LogP contribution in [0, 0.1) is 0 Å². The van der Waals surface area contributed by atoms with Crippen molar-refractivity contribution in [2.75, 3.05) is 6.26 Å². The second-order valence-corrected chi connectivity index (χ2v) is 7.89. The van der Waals surface area contributed by atoms with E-state index >= 15 is 0 Å². The van der Waals surface area contributed by atoms with Gasteiger partial charge in [0.25, 0.3) is 0 Å². The summed E-state index contributed by atoms with van der Waals surface area (Å²) in [6, 6.07) is -0.0936. The van der Waals surface area contributed by atoms with Crippen LogP contribution in [0.2, 0.25) is 0 Å². The van der Waals surface area contributed by atoms with Crippen molar-refractivity contribution in [1.29, 1.82) is 0 Å². The third-order valence-corrected chi connectivity index (χ3v) is 4.75. The Bertz CT molecular complexity index is 446. The van der Waals surface area contributed by atoms with Gasteiger partial charge in [-0.1, -0.05) is 18.3 Å². The summed E-state index contributed by atoms with van der Waals surface area (Å²) < 4.78 is 14.9. The van der Waals surface area contributed by atoms with Crippen LogP contribution in [0.5, 0.6) is 0 Å². The Morgan fingerprint density at radius 3 is 2.63 bits per heavy atom. The van der Waals surface area contributed by atoms with E-state index in [1.165, 1.54) is 11.8 Å². The van der Waals surface area contributed by atoms with Gasteiger partial charge >= 0.3 is 0 Å². The van der Waals surface area contributed by atoms with Gasteiger partial charge in [-0.3, -0.25) is 0 Å². The van der Waals surface area contributed by atoms with Crippen LogP contribution in [-0.4, -0.2) is 25.5 Å². The highest BCUT2D eigenvalue weighted by atomic mass is 32.2. The summed E-state index contributed by atoms with van der Waals surface area (Å²) in [7, 11) is 0. The molecular formula is C13H21N3OS2. The Labute approximate surface area is 122 Å². The SMILES string of the molecule is C=Cc1nc(SC)ncc1[C@H](C)N[S@@+]([O-])C(C)(C)C. The first-order chi connectivity index (χ1) is 8.79. The number of aromatic nitrogens is 2. The van der Waals surface area contributed by atoms with Gasteiger partial charge in [-0.05, 0) is 40.0 Å². The Hall–Kier alpha value is -0.560. The van der Waals surface area contributed by atoms with E-state index < -0.39 is 11.4 Å². The van der Waals surface area contributed by atoms with Crippen molar-refractivity contribution >= 4 is 29.2 Å². The van der Waals surface area contributed by atoms with Crippen LogP contribution in [0.25, 0.3) is 6.08 Å². The molecule has 1 N–H and O–H groups in total. The van der Waals surface area contributed by atoms with Gasteiger partial charge in [0, 0.05) is 23.1 Å². The molecule has 0 spiro atoms. The molecule has 0 aliphatic heterocycles. The molecular weight excluding hydrogens is 278 g/mol. The maximum absolute atomic E-state index is 12.1. The van der Waals surface area contributed by atoms with E-state index in [1.54, 1.807) is 12.3 Å². The molecule has 1 aromatic heterocycles. The third kappa shape index (κ3) is 4.49. The third-order valence-electron chi connectivity index (χ3n) is 2.51. The van der Waals surface area contributed by atoms with Crippen molar-refractivity contribution in [2.24, 2.45) is 0 Å². The zero-order valence-corrected chi connectivity index (χ0v) is 13.7. The number of rotatable bonds is 5. The maximum Gasteiger partial charge on any atom is 0.187 e.